The van der Waals surface area contributed by atoms with Gasteiger partial charge in [0.25, 0.3) is 6.26 Å². The van der Waals surface area contributed by atoms with E-state index < -0.39 is 0 Å². The van der Waals surface area contributed by atoms with Crippen LogP contribution in [0.1, 0.15) is 42.5 Å². The van der Waals surface area contributed by atoms with Crippen molar-refractivity contribution in [2.24, 2.45) is 20.0 Å². The molecule has 1 atom stereocenters. The molecule has 52 heavy (non-hydrogen) atoms. The number of ether oxygens (including phenoxy) is 2. The standard InChI is InChI=1S/C17H13NO2.C16H12N2O.C9H6N2O.CH4/c1-3-19-16-8-4-14(5-9-16)13(2)15-6-10-17(11-7-15)20-12-18;1-2-17-15-7-3-13(4-8-15)11-14-5-9-16(10-6-14)18-12-19;1-2-10-8-3-5-9(6-4-8)11-7-12;/h1,4-11,13H,2H3;3-10H,1,11H2;3-6H,1H2;1H4. The minimum atomic E-state index is 0. The zero-order valence-electron chi connectivity index (χ0n) is 27.7. The first kappa shape index (κ1) is 40.6. The first-order valence-electron chi connectivity index (χ1n) is 15.2. The number of aliphatic imine (C=N–C) groups is 4. The first-order chi connectivity index (χ1) is 24.9. The Balaban J connectivity index is 0.000000276. The van der Waals surface area contributed by atoms with Gasteiger partial charge < -0.3 is 9.47 Å². The summed E-state index contributed by atoms with van der Waals surface area (Å²) in [5.41, 5.74) is 7.40. The molecule has 0 fully saturated rings. The highest BCUT2D eigenvalue weighted by Gasteiger charge is 2.09. The number of nitrogens with zero attached hydrogens (tertiary/aromatic N) is 5. The summed E-state index contributed by atoms with van der Waals surface area (Å²) in [5, 5.41) is 8.45. The molecule has 9 nitrogen and oxygen atoms in total. The van der Waals surface area contributed by atoms with Gasteiger partial charge in [0.15, 0.2) is 0 Å². The van der Waals surface area contributed by atoms with Gasteiger partial charge in [-0.05, 0) is 126 Å². The summed E-state index contributed by atoms with van der Waals surface area (Å²) in [4.78, 5) is 34.7. The molecule has 5 rings (SSSR count). The molecule has 1 unspecified atom stereocenters. The monoisotopic (exact) mass is 685 g/mol. The van der Waals surface area contributed by atoms with Gasteiger partial charge in [-0.1, -0.05) is 69.3 Å². The van der Waals surface area contributed by atoms with Crippen LogP contribution in [0.3, 0.4) is 0 Å². The maximum absolute atomic E-state index is 10.1. The molecule has 0 spiro atoms. The smallest absolute Gasteiger partial charge is 0.292 e. The van der Waals surface area contributed by atoms with Gasteiger partial charge >= 0.3 is 0 Å². The second-order valence-electron chi connectivity index (χ2n) is 10.2. The maximum Gasteiger partial charge on any atom is 0.292 e. The predicted octanol–water partition coefficient (Wildman–Crippen LogP) is 10.2. The van der Waals surface area contributed by atoms with Crippen LogP contribution in [0, 0.1) is 24.0 Å². The van der Waals surface area contributed by atoms with Crippen molar-refractivity contribution in [2.75, 3.05) is 0 Å². The van der Waals surface area contributed by atoms with Crippen LogP contribution in [0.5, 0.6) is 11.5 Å². The molecule has 0 saturated heterocycles. The van der Waals surface area contributed by atoms with Crippen molar-refractivity contribution in [3.63, 3.8) is 0 Å². The molecule has 0 N–H and O–H groups in total. The molecule has 0 aromatic heterocycles. The molecular formula is C43H35N5O4. The van der Waals surface area contributed by atoms with Crippen LogP contribution in [-0.2, 0) is 16.0 Å². The van der Waals surface area contributed by atoms with Crippen molar-refractivity contribution in [1.82, 2.24) is 0 Å². The summed E-state index contributed by atoms with van der Waals surface area (Å²) in [6.07, 6.45) is 12.7. The molecule has 256 valence electrons. The number of benzene rings is 5. The third-order valence-electron chi connectivity index (χ3n) is 7.00. The largest absolute Gasteiger partial charge is 0.408 e. The summed E-state index contributed by atoms with van der Waals surface area (Å²) >= 11 is 0. The summed E-state index contributed by atoms with van der Waals surface area (Å²) in [6, 6.07) is 37.3. The number of carbonyl (C=O) groups excluding carboxylic acids is 2. The highest BCUT2D eigenvalue weighted by molar-refractivity contribution is 5.59. The lowest BCUT2D eigenvalue weighted by Gasteiger charge is -2.13. The number of rotatable bonds is 10. The fourth-order valence-corrected chi connectivity index (χ4v) is 4.46. The zero-order valence-corrected chi connectivity index (χ0v) is 27.7. The van der Waals surface area contributed by atoms with Crippen LogP contribution < -0.4 is 9.47 Å². The predicted molar refractivity (Wildman–Crippen MR) is 206 cm³/mol. The molecule has 0 aliphatic carbocycles. The lowest BCUT2D eigenvalue weighted by atomic mass is 9.93. The van der Waals surface area contributed by atoms with Gasteiger partial charge in [-0.15, -0.1) is 5.26 Å². The molecular weight excluding hydrogens is 651 g/mol. The summed E-state index contributed by atoms with van der Waals surface area (Å²) in [5.74, 6) is 6.33. The van der Waals surface area contributed by atoms with E-state index in [4.69, 9.17) is 21.2 Å². The number of nitriles is 1. The van der Waals surface area contributed by atoms with Crippen LogP contribution in [0.2, 0.25) is 0 Å². The van der Waals surface area contributed by atoms with E-state index in [1.54, 1.807) is 54.8 Å². The lowest BCUT2D eigenvalue weighted by Crippen LogP contribution is -1.96. The number of terminal acetylenes is 1. The molecule has 0 aliphatic heterocycles. The molecule has 0 radical (unpaired) electrons. The van der Waals surface area contributed by atoms with E-state index in [1.807, 2.05) is 72.8 Å². The van der Waals surface area contributed by atoms with Crippen molar-refractivity contribution < 1.29 is 19.1 Å². The van der Waals surface area contributed by atoms with E-state index in [1.165, 1.54) is 17.7 Å². The third-order valence-corrected chi connectivity index (χ3v) is 7.00. The Morgan fingerprint density at radius 3 is 1.27 bits per heavy atom. The van der Waals surface area contributed by atoms with E-state index in [0.717, 1.165) is 34.5 Å². The number of hydrogen-bond donors (Lipinski definition) is 0. The highest BCUT2D eigenvalue weighted by Crippen LogP contribution is 2.27. The summed E-state index contributed by atoms with van der Waals surface area (Å²) in [7, 11) is 0. The Kier molecular flexibility index (Phi) is 17.9. The van der Waals surface area contributed by atoms with E-state index in [2.05, 4.69) is 57.9 Å². The van der Waals surface area contributed by atoms with Crippen molar-refractivity contribution >= 4 is 46.6 Å². The number of isocyanates is 2. The third kappa shape index (κ3) is 13.9. The van der Waals surface area contributed by atoms with Gasteiger partial charge in [0.05, 0.1) is 22.7 Å². The minimum absolute atomic E-state index is 0. The van der Waals surface area contributed by atoms with Gasteiger partial charge in [-0.2, -0.15) is 9.98 Å². The van der Waals surface area contributed by atoms with Crippen molar-refractivity contribution in [3.05, 3.63) is 157 Å². The summed E-state index contributed by atoms with van der Waals surface area (Å²) < 4.78 is 9.73. The van der Waals surface area contributed by atoms with E-state index in [-0.39, 0.29) is 13.3 Å². The van der Waals surface area contributed by atoms with E-state index in [0.29, 0.717) is 22.9 Å². The summed E-state index contributed by atoms with van der Waals surface area (Å²) in [6.45, 7) is 8.89. The van der Waals surface area contributed by atoms with Crippen molar-refractivity contribution in [1.29, 1.82) is 5.26 Å². The first-order valence-corrected chi connectivity index (χ1v) is 15.2. The molecule has 0 bridgehead atoms. The van der Waals surface area contributed by atoms with E-state index in [9.17, 15) is 9.59 Å². The van der Waals surface area contributed by atoms with Crippen molar-refractivity contribution in [2.45, 2.75) is 26.7 Å². The fraction of sp³-hybridized carbons (Fsp3) is 0.0930. The van der Waals surface area contributed by atoms with Gasteiger partial charge in [-0.25, -0.2) is 19.6 Å². The average molecular weight is 686 g/mol. The topological polar surface area (TPSA) is 126 Å². The van der Waals surface area contributed by atoms with Crippen molar-refractivity contribution in [3.8, 4) is 30.3 Å². The Bertz CT molecular complexity index is 1980. The van der Waals surface area contributed by atoms with Gasteiger partial charge in [0, 0.05) is 5.92 Å². The molecule has 0 heterocycles. The second kappa shape index (κ2) is 22.9. The quantitative estimate of drug-likeness (QED) is 0.0626. The molecule has 0 aliphatic rings. The lowest BCUT2D eigenvalue weighted by molar-refractivity contribution is 0.507. The highest BCUT2D eigenvalue weighted by atomic mass is 16.5. The SMILES string of the molecule is C.C#COc1ccc(C(C)c2ccc(OC#N)cc2)cc1.C=C=Nc1ccc(Cc2ccc(N=C=O)cc2)cc1.C=C=Nc1ccc(N=C=O)cc1. The Morgan fingerprint density at radius 1 is 0.596 bits per heavy atom. The minimum Gasteiger partial charge on any atom is -0.408 e. The molecule has 5 aromatic rings. The maximum atomic E-state index is 10.1. The fourth-order valence-electron chi connectivity index (χ4n) is 4.46. The van der Waals surface area contributed by atoms with Gasteiger partial charge in [0.1, 0.15) is 17.6 Å². The van der Waals surface area contributed by atoms with Crippen LogP contribution in [0.4, 0.5) is 22.7 Å². The van der Waals surface area contributed by atoms with Crippen LogP contribution in [0.25, 0.3) is 0 Å². The van der Waals surface area contributed by atoms with Gasteiger partial charge in [-0.3, -0.25) is 0 Å². The van der Waals surface area contributed by atoms with Crippen LogP contribution in [0.15, 0.2) is 154 Å². The zero-order chi connectivity index (χ0) is 36.7. The van der Waals surface area contributed by atoms with Crippen LogP contribution in [-0.4, -0.2) is 23.9 Å². The average Bonchev–Trinajstić information content (AvgIpc) is 3.16. The van der Waals surface area contributed by atoms with Crippen LogP contribution >= 0.6 is 0 Å². The van der Waals surface area contributed by atoms with E-state index >= 15 is 0 Å². The second-order valence-corrected chi connectivity index (χ2v) is 10.2. The van der Waals surface area contributed by atoms with Gasteiger partial charge in [0.2, 0.25) is 12.2 Å². The molecule has 0 amide bonds. The normalized spacial score (nSPS) is 9.44. The Morgan fingerprint density at radius 2 is 0.942 bits per heavy atom. The Hall–Kier alpha value is -7.59. The molecule has 5 aromatic carbocycles. The molecule has 0 saturated carbocycles. The Labute approximate surface area is 304 Å². The number of hydrogen-bond acceptors (Lipinski definition) is 9. The molecule has 9 heteroatoms.